The van der Waals surface area contributed by atoms with E-state index in [-0.39, 0.29) is 12.6 Å². The minimum atomic E-state index is -0.924. The van der Waals surface area contributed by atoms with E-state index >= 15 is 0 Å². The standard InChI is InChI=1S/C15H19N3O4/c16-9-12-1-3-13(4-2-12)17-6-5-14-11-21-7-8-22-18(14)10-15(19)20/h1-4,14,17H,5-8,10-11H2,(H,19,20). The zero-order valence-electron chi connectivity index (χ0n) is 12.2. The highest BCUT2D eigenvalue weighted by molar-refractivity contribution is 5.68. The molecule has 0 amide bonds. The number of carboxylic acid groups (broad SMARTS) is 1. The molecule has 7 nitrogen and oxygen atoms in total. The van der Waals surface area contributed by atoms with Gasteiger partial charge in [-0.05, 0) is 30.7 Å². The van der Waals surface area contributed by atoms with Crippen molar-refractivity contribution >= 4 is 11.7 Å². The van der Waals surface area contributed by atoms with E-state index < -0.39 is 5.97 Å². The van der Waals surface area contributed by atoms with Gasteiger partial charge in [0.2, 0.25) is 0 Å². The fraction of sp³-hybridized carbons (Fsp3) is 0.467. The van der Waals surface area contributed by atoms with Crippen LogP contribution in [0.5, 0.6) is 0 Å². The molecule has 1 aromatic rings. The number of carboxylic acids is 1. The summed E-state index contributed by atoms with van der Waals surface area (Å²) in [4.78, 5) is 16.3. The normalized spacial score (nSPS) is 19.1. The van der Waals surface area contributed by atoms with E-state index in [1.165, 1.54) is 5.06 Å². The van der Waals surface area contributed by atoms with Gasteiger partial charge in [0.15, 0.2) is 0 Å². The first-order valence-electron chi connectivity index (χ1n) is 7.12. The third-order valence-corrected chi connectivity index (χ3v) is 3.31. The average Bonchev–Trinajstić information content (AvgIpc) is 2.73. The van der Waals surface area contributed by atoms with Gasteiger partial charge >= 0.3 is 5.97 Å². The predicted molar refractivity (Wildman–Crippen MR) is 79.2 cm³/mol. The van der Waals surface area contributed by atoms with Gasteiger partial charge in [0, 0.05) is 12.2 Å². The first-order valence-corrected chi connectivity index (χ1v) is 7.12. The fourth-order valence-electron chi connectivity index (χ4n) is 2.20. The fourth-order valence-corrected chi connectivity index (χ4v) is 2.20. The van der Waals surface area contributed by atoms with Gasteiger partial charge in [-0.2, -0.15) is 10.3 Å². The molecule has 1 aliphatic heterocycles. The quantitative estimate of drug-likeness (QED) is 0.812. The second-order valence-corrected chi connectivity index (χ2v) is 4.94. The molecule has 1 atom stereocenters. The van der Waals surface area contributed by atoms with Crippen LogP contribution < -0.4 is 5.32 Å². The number of benzene rings is 1. The second kappa shape index (κ2) is 8.34. The summed E-state index contributed by atoms with van der Waals surface area (Å²) in [5.41, 5.74) is 1.53. The lowest BCUT2D eigenvalue weighted by Gasteiger charge is -2.26. The van der Waals surface area contributed by atoms with E-state index in [4.69, 9.17) is 19.9 Å². The maximum atomic E-state index is 10.9. The third kappa shape index (κ3) is 5.00. The average molecular weight is 305 g/mol. The van der Waals surface area contributed by atoms with Crippen molar-refractivity contribution in [3.05, 3.63) is 29.8 Å². The number of rotatable bonds is 6. The molecule has 1 saturated heterocycles. The van der Waals surface area contributed by atoms with Crippen LogP contribution in [0.2, 0.25) is 0 Å². The Hall–Kier alpha value is -2.14. The Morgan fingerprint density at radius 1 is 1.41 bits per heavy atom. The SMILES string of the molecule is N#Cc1ccc(NCCC2COCCON2CC(=O)O)cc1. The molecular weight excluding hydrogens is 286 g/mol. The second-order valence-electron chi connectivity index (χ2n) is 4.94. The first kappa shape index (κ1) is 16.2. The van der Waals surface area contributed by atoms with Gasteiger partial charge in [-0.3, -0.25) is 9.63 Å². The van der Waals surface area contributed by atoms with Crippen LogP contribution in [0, 0.1) is 11.3 Å². The zero-order chi connectivity index (χ0) is 15.8. The molecule has 1 fully saturated rings. The van der Waals surface area contributed by atoms with Crippen molar-refractivity contribution in [2.75, 3.05) is 38.2 Å². The number of anilines is 1. The van der Waals surface area contributed by atoms with Crippen LogP contribution >= 0.6 is 0 Å². The molecule has 0 aromatic heterocycles. The van der Waals surface area contributed by atoms with Crippen LogP contribution in [0.25, 0.3) is 0 Å². The number of hydrogen-bond donors (Lipinski definition) is 2. The number of nitriles is 1. The minimum absolute atomic E-state index is 0.107. The summed E-state index contributed by atoms with van der Waals surface area (Å²) in [6.07, 6.45) is 0.688. The van der Waals surface area contributed by atoms with Crippen molar-refractivity contribution in [1.82, 2.24) is 5.06 Å². The monoisotopic (exact) mass is 305 g/mol. The van der Waals surface area contributed by atoms with Gasteiger partial charge in [0.25, 0.3) is 0 Å². The Morgan fingerprint density at radius 3 is 2.86 bits per heavy atom. The Balaban J connectivity index is 1.84. The molecule has 2 rings (SSSR count). The molecule has 0 aliphatic carbocycles. The van der Waals surface area contributed by atoms with Crippen molar-refractivity contribution in [3.8, 4) is 6.07 Å². The van der Waals surface area contributed by atoms with E-state index in [9.17, 15) is 4.79 Å². The van der Waals surface area contributed by atoms with E-state index in [0.29, 0.717) is 38.3 Å². The van der Waals surface area contributed by atoms with Gasteiger partial charge in [0.1, 0.15) is 6.54 Å². The number of nitrogens with one attached hydrogen (secondary N) is 1. The molecule has 0 radical (unpaired) electrons. The number of hydroxylamine groups is 2. The van der Waals surface area contributed by atoms with Crippen LogP contribution in [0.1, 0.15) is 12.0 Å². The summed E-state index contributed by atoms with van der Waals surface area (Å²) in [5.74, 6) is -0.924. The summed E-state index contributed by atoms with van der Waals surface area (Å²) in [6, 6.07) is 9.14. The summed E-state index contributed by atoms with van der Waals surface area (Å²) < 4.78 is 5.43. The van der Waals surface area contributed by atoms with E-state index in [2.05, 4.69) is 11.4 Å². The number of carbonyl (C=O) groups is 1. The van der Waals surface area contributed by atoms with Crippen LogP contribution in [-0.4, -0.2) is 55.1 Å². The molecule has 1 unspecified atom stereocenters. The summed E-state index contributed by atoms with van der Waals surface area (Å²) in [6.45, 7) is 1.77. The Morgan fingerprint density at radius 2 is 2.18 bits per heavy atom. The Kier molecular flexibility index (Phi) is 6.15. The van der Waals surface area contributed by atoms with E-state index in [1.54, 1.807) is 12.1 Å². The lowest BCUT2D eigenvalue weighted by molar-refractivity contribution is -0.187. The maximum Gasteiger partial charge on any atom is 0.320 e. The molecule has 1 heterocycles. The molecule has 1 aliphatic rings. The van der Waals surface area contributed by atoms with Crippen LogP contribution in [0.15, 0.2) is 24.3 Å². The summed E-state index contributed by atoms with van der Waals surface area (Å²) in [5, 5.41) is 22.4. The van der Waals surface area contributed by atoms with Crippen molar-refractivity contribution in [3.63, 3.8) is 0 Å². The predicted octanol–water partition coefficient (Wildman–Crippen LogP) is 1.08. The third-order valence-electron chi connectivity index (χ3n) is 3.31. The molecule has 118 valence electrons. The lowest BCUT2D eigenvalue weighted by atomic mass is 10.2. The van der Waals surface area contributed by atoms with E-state index in [1.807, 2.05) is 12.1 Å². The Labute approximate surface area is 129 Å². The van der Waals surface area contributed by atoms with Crippen molar-refractivity contribution in [2.45, 2.75) is 12.5 Å². The highest BCUT2D eigenvalue weighted by Gasteiger charge is 2.24. The first-order chi connectivity index (χ1) is 10.7. The highest BCUT2D eigenvalue weighted by atomic mass is 16.7. The van der Waals surface area contributed by atoms with Crippen LogP contribution in [-0.2, 0) is 14.4 Å². The van der Waals surface area contributed by atoms with Gasteiger partial charge in [-0.25, -0.2) is 0 Å². The van der Waals surface area contributed by atoms with Crippen molar-refractivity contribution in [2.24, 2.45) is 0 Å². The topological polar surface area (TPSA) is 94.8 Å². The van der Waals surface area contributed by atoms with Gasteiger partial charge in [-0.15, -0.1) is 0 Å². The number of ether oxygens (including phenoxy) is 1. The lowest BCUT2D eigenvalue weighted by Crippen LogP contribution is -2.41. The van der Waals surface area contributed by atoms with E-state index in [0.717, 1.165) is 5.69 Å². The molecule has 2 N–H and O–H groups in total. The smallest absolute Gasteiger partial charge is 0.320 e. The largest absolute Gasteiger partial charge is 0.480 e. The molecule has 0 saturated carbocycles. The van der Waals surface area contributed by atoms with Crippen molar-refractivity contribution < 1.29 is 19.5 Å². The van der Waals surface area contributed by atoms with Gasteiger partial charge in [0.05, 0.1) is 37.5 Å². The molecule has 22 heavy (non-hydrogen) atoms. The van der Waals surface area contributed by atoms with Gasteiger partial charge < -0.3 is 15.2 Å². The maximum absolute atomic E-state index is 10.9. The summed E-state index contributed by atoms with van der Waals surface area (Å²) >= 11 is 0. The molecule has 0 spiro atoms. The van der Waals surface area contributed by atoms with Crippen LogP contribution in [0.3, 0.4) is 0 Å². The Bertz CT molecular complexity index is 527. The van der Waals surface area contributed by atoms with Crippen LogP contribution in [0.4, 0.5) is 5.69 Å². The minimum Gasteiger partial charge on any atom is -0.480 e. The highest BCUT2D eigenvalue weighted by Crippen LogP contribution is 2.12. The number of aliphatic carboxylic acids is 1. The number of hydrogen-bond acceptors (Lipinski definition) is 6. The van der Waals surface area contributed by atoms with Gasteiger partial charge in [-0.1, -0.05) is 0 Å². The molecule has 1 aromatic carbocycles. The van der Waals surface area contributed by atoms with Crippen molar-refractivity contribution in [1.29, 1.82) is 5.26 Å². The summed E-state index contributed by atoms with van der Waals surface area (Å²) in [7, 11) is 0. The molecular formula is C15H19N3O4. The molecule has 0 bridgehead atoms. The molecule has 7 heteroatoms. The number of nitrogens with zero attached hydrogens (tertiary/aromatic N) is 2. The zero-order valence-corrected chi connectivity index (χ0v) is 12.2.